The fraction of sp³-hybridized carbons (Fsp3) is 0.184. The molecule has 1 aromatic heterocycles. The third-order valence-corrected chi connectivity index (χ3v) is 9.51. The molecule has 1 aliphatic rings. The molecule has 1 unspecified atom stereocenters. The topological polar surface area (TPSA) is 121 Å². The lowest BCUT2D eigenvalue weighted by Gasteiger charge is -2.32. The van der Waals surface area contributed by atoms with Crippen LogP contribution in [0.5, 0.6) is 11.5 Å². The lowest BCUT2D eigenvalue weighted by Crippen LogP contribution is -2.46. The monoisotopic (exact) mass is 723 g/mol. The molecule has 0 saturated heterocycles. The van der Waals surface area contributed by atoms with Gasteiger partial charge in [0.1, 0.15) is 17.6 Å². The summed E-state index contributed by atoms with van der Waals surface area (Å²) in [6.45, 7) is -0.591. The molecule has 6 rings (SSSR count). The molecule has 0 spiro atoms. The van der Waals surface area contributed by atoms with Gasteiger partial charge in [0.05, 0.1) is 37.7 Å². The number of benzene rings is 4. The van der Waals surface area contributed by atoms with E-state index in [2.05, 4.69) is 5.32 Å². The molecule has 0 aliphatic carbocycles. The van der Waals surface area contributed by atoms with Gasteiger partial charge in [-0.15, -0.1) is 11.3 Å². The van der Waals surface area contributed by atoms with Crippen LogP contribution in [0.3, 0.4) is 0 Å². The number of methoxy groups -OCH3 is 2. The van der Waals surface area contributed by atoms with Crippen molar-refractivity contribution in [3.63, 3.8) is 0 Å². The second-order valence-corrected chi connectivity index (χ2v) is 13.2. The van der Waals surface area contributed by atoms with E-state index in [9.17, 15) is 19.2 Å². The number of nitrogens with zero attached hydrogens (tertiary/aromatic N) is 4. The van der Waals surface area contributed by atoms with Gasteiger partial charge in [-0.3, -0.25) is 24.1 Å². The molecule has 3 amide bonds. The summed E-state index contributed by atoms with van der Waals surface area (Å²) in [5.41, 5.74) is 3.90. The van der Waals surface area contributed by atoms with Crippen molar-refractivity contribution in [3.05, 3.63) is 118 Å². The SMILES string of the molecule is COc1ccc(C(C(=O)Nc2ccc(N(C)C)cc2)N(Cc2nc(-c3ccc(Cl)cc3)cs2)C(=O)CN2C(=O)C(=O)c3ccccc32)cc1OC. The van der Waals surface area contributed by atoms with Gasteiger partial charge in [0.15, 0.2) is 11.5 Å². The molecule has 2 heterocycles. The first-order valence-electron chi connectivity index (χ1n) is 15.8. The van der Waals surface area contributed by atoms with Crippen LogP contribution in [-0.2, 0) is 20.9 Å². The van der Waals surface area contributed by atoms with Gasteiger partial charge in [-0.1, -0.05) is 41.9 Å². The Hall–Kier alpha value is -5.72. The van der Waals surface area contributed by atoms with E-state index in [4.69, 9.17) is 26.1 Å². The number of anilines is 3. The lowest BCUT2D eigenvalue weighted by atomic mass is 10.0. The van der Waals surface area contributed by atoms with Crippen molar-refractivity contribution in [1.82, 2.24) is 9.88 Å². The number of aromatic nitrogens is 1. The number of hydrogen-bond donors (Lipinski definition) is 1. The standard InChI is InChI=1S/C38H34ClN5O6S/c1-42(2)27-16-14-26(15-17-27)40-37(47)35(24-11-18-31(49-3)32(19-24)50-4)44(20-33-41-29(22-51-33)23-9-12-25(39)13-10-23)34(45)21-43-30-8-6-5-7-28(30)36(46)38(43)48/h5-19,22,35H,20-21H2,1-4H3,(H,40,47). The summed E-state index contributed by atoms with van der Waals surface area (Å²) in [6.07, 6.45) is 0. The highest BCUT2D eigenvalue weighted by atomic mass is 35.5. The number of fused-ring (bicyclic) bond motifs is 1. The molecule has 11 nitrogen and oxygen atoms in total. The average molecular weight is 724 g/mol. The third-order valence-electron chi connectivity index (χ3n) is 8.42. The van der Waals surface area contributed by atoms with Crippen molar-refractivity contribution >= 4 is 63.5 Å². The number of para-hydroxylation sites is 1. The summed E-state index contributed by atoms with van der Waals surface area (Å²) in [4.78, 5) is 64.4. The van der Waals surface area contributed by atoms with Gasteiger partial charge in [0.25, 0.3) is 17.6 Å². The van der Waals surface area contributed by atoms with Crippen LogP contribution >= 0.6 is 22.9 Å². The normalized spacial score (nSPS) is 12.7. The number of carbonyl (C=O) groups excluding carboxylic acids is 4. The van der Waals surface area contributed by atoms with Crippen LogP contribution in [0.1, 0.15) is 27.0 Å². The molecule has 13 heteroatoms. The largest absolute Gasteiger partial charge is 0.493 e. The number of ketones is 1. The number of ether oxygens (including phenoxy) is 2. The molecule has 1 atom stereocenters. The van der Waals surface area contributed by atoms with E-state index in [1.165, 1.54) is 30.5 Å². The average Bonchev–Trinajstić information content (AvgIpc) is 3.70. The van der Waals surface area contributed by atoms with Crippen LogP contribution in [0.4, 0.5) is 17.1 Å². The number of Topliss-reactive ketones (excluding diaryl/α,β-unsaturated/α-hetero) is 1. The Morgan fingerprint density at radius 1 is 0.922 bits per heavy atom. The molecule has 51 heavy (non-hydrogen) atoms. The molecule has 5 aromatic rings. The van der Waals surface area contributed by atoms with Gasteiger partial charge in [0, 0.05) is 41.4 Å². The molecule has 0 radical (unpaired) electrons. The number of rotatable bonds is 12. The number of halogens is 1. The Bertz CT molecular complexity index is 2100. The molecular formula is C38H34ClN5O6S. The lowest BCUT2D eigenvalue weighted by molar-refractivity contribution is -0.139. The maximum Gasteiger partial charge on any atom is 0.299 e. The number of thiazole rings is 1. The van der Waals surface area contributed by atoms with Crippen LogP contribution in [-0.4, -0.2) is 68.2 Å². The first-order chi connectivity index (χ1) is 24.6. The minimum Gasteiger partial charge on any atom is -0.493 e. The van der Waals surface area contributed by atoms with Crippen molar-refractivity contribution in [2.45, 2.75) is 12.6 Å². The summed E-state index contributed by atoms with van der Waals surface area (Å²) >= 11 is 7.42. The molecule has 0 saturated carbocycles. The summed E-state index contributed by atoms with van der Waals surface area (Å²) in [5, 5.41) is 5.95. The fourth-order valence-electron chi connectivity index (χ4n) is 5.79. The second kappa shape index (κ2) is 15.0. The Morgan fingerprint density at radius 3 is 2.31 bits per heavy atom. The first-order valence-corrected chi connectivity index (χ1v) is 17.1. The van der Waals surface area contributed by atoms with Gasteiger partial charge in [-0.2, -0.15) is 0 Å². The molecule has 260 valence electrons. The molecule has 1 N–H and O–H groups in total. The summed E-state index contributed by atoms with van der Waals surface area (Å²) < 4.78 is 11.0. The highest BCUT2D eigenvalue weighted by molar-refractivity contribution is 7.09. The van der Waals surface area contributed by atoms with Crippen LogP contribution in [0.2, 0.25) is 5.02 Å². The number of nitrogens with one attached hydrogen (secondary N) is 1. The van der Waals surface area contributed by atoms with Crippen molar-refractivity contribution in [1.29, 1.82) is 0 Å². The van der Waals surface area contributed by atoms with E-state index in [1.807, 2.05) is 48.6 Å². The van der Waals surface area contributed by atoms with Gasteiger partial charge < -0.3 is 24.6 Å². The molecular weight excluding hydrogens is 690 g/mol. The van der Waals surface area contributed by atoms with Gasteiger partial charge in [-0.25, -0.2) is 4.98 Å². The van der Waals surface area contributed by atoms with Gasteiger partial charge in [-0.05, 0) is 66.2 Å². The highest BCUT2D eigenvalue weighted by Crippen LogP contribution is 2.35. The molecule has 4 aromatic carbocycles. The van der Waals surface area contributed by atoms with E-state index in [0.717, 1.165) is 16.2 Å². The fourth-order valence-corrected chi connectivity index (χ4v) is 6.71. The van der Waals surface area contributed by atoms with Gasteiger partial charge >= 0.3 is 0 Å². The summed E-state index contributed by atoms with van der Waals surface area (Å²) in [6, 6.07) is 24.8. The Labute approximate surface area is 304 Å². The summed E-state index contributed by atoms with van der Waals surface area (Å²) in [5.74, 6) is -1.85. The maximum absolute atomic E-state index is 14.6. The minimum absolute atomic E-state index is 0.0965. The third kappa shape index (κ3) is 7.42. The molecule has 1 aliphatic heterocycles. The predicted octanol–water partition coefficient (Wildman–Crippen LogP) is 6.48. The summed E-state index contributed by atoms with van der Waals surface area (Å²) in [7, 11) is 6.81. The minimum atomic E-state index is -1.24. The zero-order valence-corrected chi connectivity index (χ0v) is 29.8. The Balaban J connectivity index is 1.43. The van der Waals surface area contributed by atoms with Crippen LogP contribution in [0.25, 0.3) is 11.3 Å². The maximum atomic E-state index is 14.6. The zero-order valence-electron chi connectivity index (χ0n) is 28.3. The van der Waals surface area contributed by atoms with Gasteiger partial charge in [0.2, 0.25) is 5.91 Å². The van der Waals surface area contributed by atoms with E-state index >= 15 is 0 Å². The van der Waals surface area contributed by atoms with E-state index in [-0.39, 0.29) is 12.1 Å². The molecule has 0 bridgehead atoms. The van der Waals surface area contributed by atoms with Crippen molar-refractivity contribution < 1.29 is 28.7 Å². The van der Waals surface area contributed by atoms with E-state index in [1.54, 1.807) is 66.7 Å². The van der Waals surface area contributed by atoms with Crippen molar-refractivity contribution in [2.24, 2.45) is 0 Å². The van der Waals surface area contributed by atoms with Crippen molar-refractivity contribution in [2.75, 3.05) is 50.0 Å². The molecule has 0 fully saturated rings. The number of amides is 3. The predicted molar refractivity (Wildman–Crippen MR) is 198 cm³/mol. The van der Waals surface area contributed by atoms with E-state index < -0.39 is 36.1 Å². The first kappa shape index (κ1) is 35.1. The second-order valence-electron chi connectivity index (χ2n) is 11.8. The number of hydrogen-bond acceptors (Lipinski definition) is 9. The highest BCUT2D eigenvalue weighted by Gasteiger charge is 2.40. The zero-order chi connectivity index (χ0) is 36.2. The quantitative estimate of drug-likeness (QED) is 0.145. The van der Waals surface area contributed by atoms with E-state index in [0.29, 0.717) is 44.2 Å². The van der Waals surface area contributed by atoms with Crippen LogP contribution in [0, 0.1) is 0 Å². The smallest absolute Gasteiger partial charge is 0.299 e. The Kier molecular flexibility index (Phi) is 10.4. The Morgan fingerprint density at radius 2 is 1.63 bits per heavy atom. The van der Waals surface area contributed by atoms with Crippen LogP contribution in [0.15, 0.2) is 96.4 Å². The number of carbonyl (C=O) groups is 4. The van der Waals surface area contributed by atoms with Crippen LogP contribution < -0.4 is 24.6 Å². The van der Waals surface area contributed by atoms with Crippen molar-refractivity contribution in [3.8, 4) is 22.8 Å².